The largest absolute Gasteiger partial charge is 0.480 e. The first-order valence-electron chi connectivity index (χ1n) is 9.11. The van der Waals surface area contributed by atoms with E-state index in [0.29, 0.717) is 0 Å². The van der Waals surface area contributed by atoms with Gasteiger partial charge in [0.05, 0.1) is 18.0 Å². The van der Waals surface area contributed by atoms with Crippen molar-refractivity contribution in [2.75, 3.05) is 13.1 Å². The monoisotopic (exact) mass is 428 g/mol. The van der Waals surface area contributed by atoms with Crippen LogP contribution in [0.1, 0.15) is 15.9 Å². The van der Waals surface area contributed by atoms with Gasteiger partial charge >= 0.3 is 5.97 Å². The highest BCUT2D eigenvalue weighted by Crippen LogP contribution is 2.11. The summed E-state index contributed by atoms with van der Waals surface area (Å²) in [5.74, 6) is -3.19. The number of carbonyl (C=O) groups excluding carboxylic acids is 3. The molecule has 0 spiro atoms. The second-order valence-electron chi connectivity index (χ2n) is 6.41. The van der Waals surface area contributed by atoms with Gasteiger partial charge in [-0.3, -0.25) is 24.5 Å². The van der Waals surface area contributed by atoms with E-state index < -0.39 is 47.7 Å². The molecule has 4 N–H and O–H groups in total. The molecule has 1 atom stereocenters. The predicted molar refractivity (Wildman–Crippen MR) is 108 cm³/mol. The van der Waals surface area contributed by atoms with Crippen LogP contribution in [0, 0.1) is 10.1 Å². The molecule has 162 valence electrons. The number of nitrogens with zero attached hydrogens (tertiary/aromatic N) is 1. The second kappa shape index (κ2) is 11.0. The van der Waals surface area contributed by atoms with Crippen LogP contribution >= 0.6 is 0 Å². The molecule has 0 aliphatic rings. The van der Waals surface area contributed by atoms with E-state index in [1.807, 2.05) is 0 Å². The molecule has 0 aromatic heterocycles. The fourth-order valence-electron chi connectivity index (χ4n) is 2.53. The zero-order valence-corrected chi connectivity index (χ0v) is 16.2. The maximum absolute atomic E-state index is 12.0. The lowest BCUT2D eigenvalue weighted by Crippen LogP contribution is -2.47. The van der Waals surface area contributed by atoms with E-state index in [-0.39, 0.29) is 17.7 Å². The number of rotatable bonds is 10. The number of hydrogen-bond donors (Lipinski definition) is 4. The SMILES string of the molecule is O=C(CNC(=O)c1ccc([N+](=O)[O-])cc1)NCC(=O)N[C@H](Cc1ccccc1)C(=O)O. The fraction of sp³-hybridized carbons (Fsp3) is 0.200. The lowest BCUT2D eigenvalue weighted by atomic mass is 10.1. The summed E-state index contributed by atoms with van der Waals surface area (Å²) >= 11 is 0. The number of benzene rings is 2. The predicted octanol–water partition coefficient (Wildman–Crippen LogP) is 0.253. The van der Waals surface area contributed by atoms with Gasteiger partial charge in [-0.25, -0.2) is 4.79 Å². The Labute approximate surface area is 176 Å². The normalized spacial score (nSPS) is 11.1. The maximum Gasteiger partial charge on any atom is 0.326 e. The Bertz CT molecular complexity index is 961. The average molecular weight is 428 g/mol. The van der Waals surface area contributed by atoms with Crippen molar-refractivity contribution in [2.24, 2.45) is 0 Å². The van der Waals surface area contributed by atoms with Gasteiger partial charge in [-0.15, -0.1) is 0 Å². The van der Waals surface area contributed by atoms with Crippen LogP contribution in [-0.4, -0.2) is 52.9 Å². The van der Waals surface area contributed by atoms with Crippen LogP contribution in [0.4, 0.5) is 5.69 Å². The van der Waals surface area contributed by atoms with Gasteiger partial charge in [-0.1, -0.05) is 30.3 Å². The van der Waals surface area contributed by atoms with E-state index in [1.54, 1.807) is 30.3 Å². The van der Waals surface area contributed by atoms with Crippen molar-refractivity contribution in [3.8, 4) is 0 Å². The Hall–Kier alpha value is -4.28. The number of aliphatic carboxylic acids is 1. The highest BCUT2D eigenvalue weighted by Gasteiger charge is 2.20. The zero-order valence-electron chi connectivity index (χ0n) is 16.2. The molecule has 0 aliphatic carbocycles. The Balaban J connectivity index is 1.76. The van der Waals surface area contributed by atoms with Crippen molar-refractivity contribution in [3.63, 3.8) is 0 Å². The molecule has 2 rings (SSSR count). The van der Waals surface area contributed by atoms with Gasteiger partial charge in [0.15, 0.2) is 0 Å². The van der Waals surface area contributed by atoms with Crippen LogP contribution in [0.25, 0.3) is 0 Å². The molecule has 0 unspecified atom stereocenters. The first-order chi connectivity index (χ1) is 14.8. The van der Waals surface area contributed by atoms with Crippen molar-refractivity contribution in [3.05, 3.63) is 75.8 Å². The molecule has 0 aliphatic heterocycles. The van der Waals surface area contributed by atoms with Crippen molar-refractivity contribution in [2.45, 2.75) is 12.5 Å². The van der Waals surface area contributed by atoms with Crippen molar-refractivity contribution in [1.29, 1.82) is 0 Å². The maximum atomic E-state index is 12.0. The van der Waals surface area contributed by atoms with E-state index in [4.69, 9.17) is 0 Å². The van der Waals surface area contributed by atoms with E-state index >= 15 is 0 Å². The Morgan fingerprint density at radius 2 is 1.52 bits per heavy atom. The Kier molecular flexibility index (Phi) is 8.20. The summed E-state index contributed by atoms with van der Waals surface area (Å²) in [7, 11) is 0. The molecular formula is C20H20N4O7. The minimum absolute atomic E-state index is 0.0845. The van der Waals surface area contributed by atoms with E-state index in [0.717, 1.165) is 17.7 Å². The van der Waals surface area contributed by atoms with Gasteiger partial charge in [0.1, 0.15) is 6.04 Å². The lowest BCUT2D eigenvalue weighted by molar-refractivity contribution is -0.384. The summed E-state index contributed by atoms with van der Waals surface area (Å²) in [6.07, 6.45) is 0.0845. The minimum atomic E-state index is -1.21. The number of carboxylic acids is 1. The number of amides is 3. The zero-order chi connectivity index (χ0) is 22.8. The Morgan fingerprint density at radius 1 is 0.903 bits per heavy atom. The molecule has 3 amide bonds. The highest BCUT2D eigenvalue weighted by atomic mass is 16.6. The molecule has 0 fully saturated rings. The number of nitrogens with one attached hydrogen (secondary N) is 3. The van der Waals surface area contributed by atoms with Crippen molar-refractivity contribution in [1.82, 2.24) is 16.0 Å². The smallest absolute Gasteiger partial charge is 0.326 e. The summed E-state index contributed by atoms with van der Waals surface area (Å²) in [6.45, 7) is -0.902. The topological polar surface area (TPSA) is 168 Å². The summed E-state index contributed by atoms with van der Waals surface area (Å²) in [5.41, 5.74) is 0.682. The molecule has 31 heavy (non-hydrogen) atoms. The van der Waals surface area contributed by atoms with Crippen molar-refractivity contribution < 1.29 is 29.2 Å². The van der Waals surface area contributed by atoms with Crippen molar-refractivity contribution >= 4 is 29.4 Å². The van der Waals surface area contributed by atoms with E-state index in [2.05, 4.69) is 16.0 Å². The summed E-state index contributed by atoms with van der Waals surface area (Å²) in [6, 6.07) is 12.4. The molecule has 2 aromatic carbocycles. The second-order valence-corrected chi connectivity index (χ2v) is 6.41. The van der Waals surface area contributed by atoms with Gasteiger partial charge in [0.25, 0.3) is 11.6 Å². The van der Waals surface area contributed by atoms with Crippen LogP contribution < -0.4 is 16.0 Å². The first-order valence-corrected chi connectivity index (χ1v) is 9.11. The average Bonchev–Trinajstić information content (AvgIpc) is 2.76. The first kappa shape index (κ1) is 23.0. The number of carbonyl (C=O) groups is 4. The fourth-order valence-corrected chi connectivity index (χ4v) is 2.53. The summed E-state index contributed by atoms with van der Waals surface area (Å²) in [4.78, 5) is 57.1. The van der Waals surface area contributed by atoms with Crippen LogP contribution in [0.3, 0.4) is 0 Å². The van der Waals surface area contributed by atoms with Gasteiger partial charge in [0, 0.05) is 24.1 Å². The standard InChI is InChI=1S/C20H20N4O7/c25-17(11-22-19(27)14-6-8-15(9-7-14)24(30)31)21-12-18(26)23-16(20(28)29)10-13-4-2-1-3-5-13/h1-9,16H,10-12H2,(H,21,25)(H,22,27)(H,23,26)(H,28,29)/t16-/m1/s1. The third kappa shape index (κ3) is 7.57. The summed E-state index contributed by atoms with van der Waals surface area (Å²) in [5, 5.41) is 26.8. The molecule has 11 heteroatoms. The molecule has 11 nitrogen and oxygen atoms in total. The van der Waals surface area contributed by atoms with Crippen LogP contribution in [-0.2, 0) is 20.8 Å². The van der Waals surface area contributed by atoms with Gasteiger partial charge in [0.2, 0.25) is 11.8 Å². The number of nitro benzene ring substituents is 1. The van der Waals surface area contributed by atoms with Crippen LogP contribution in [0.15, 0.2) is 54.6 Å². The van der Waals surface area contributed by atoms with Gasteiger partial charge in [-0.05, 0) is 17.7 Å². The molecule has 0 saturated carbocycles. The molecule has 0 radical (unpaired) electrons. The molecular weight excluding hydrogens is 408 g/mol. The quantitative estimate of drug-likeness (QED) is 0.311. The number of hydrogen-bond acceptors (Lipinski definition) is 6. The summed E-state index contributed by atoms with van der Waals surface area (Å²) < 4.78 is 0. The Morgan fingerprint density at radius 3 is 2.10 bits per heavy atom. The van der Waals surface area contributed by atoms with E-state index in [1.165, 1.54) is 12.1 Å². The van der Waals surface area contributed by atoms with Crippen LogP contribution in [0.5, 0.6) is 0 Å². The minimum Gasteiger partial charge on any atom is -0.480 e. The molecule has 2 aromatic rings. The number of non-ortho nitro benzene ring substituents is 1. The number of nitro groups is 1. The van der Waals surface area contributed by atoms with Crippen LogP contribution in [0.2, 0.25) is 0 Å². The van der Waals surface area contributed by atoms with E-state index in [9.17, 15) is 34.4 Å². The third-order valence-electron chi connectivity index (χ3n) is 4.11. The van der Waals surface area contributed by atoms with Gasteiger partial charge in [-0.2, -0.15) is 0 Å². The van der Waals surface area contributed by atoms with Gasteiger partial charge < -0.3 is 21.1 Å². The highest BCUT2D eigenvalue weighted by molar-refractivity contribution is 5.97. The number of carboxylic acid groups (broad SMARTS) is 1. The molecule has 0 saturated heterocycles. The third-order valence-corrected chi connectivity index (χ3v) is 4.11. The molecule has 0 bridgehead atoms. The lowest BCUT2D eigenvalue weighted by Gasteiger charge is -2.15. The molecule has 0 heterocycles.